The second kappa shape index (κ2) is 14.6. The van der Waals surface area contributed by atoms with Gasteiger partial charge in [0.25, 0.3) is 0 Å². The van der Waals surface area contributed by atoms with E-state index in [2.05, 4.69) is 0 Å². The van der Waals surface area contributed by atoms with Crippen LogP contribution >= 0.6 is 0 Å². The lowest BCUT2D eigenvalue weighted by Crippen LogP contribution is -2.61. The number of hydrogen-bond acceptors (Lipinski definition) is 13. The van der Waals surface area contributed by atoms with Gasteiger partial charge in [-0.1, -0.05) is 24.3 Å². The monoisotopic (exact) mass is 624 g/mol. The number of phenols is 4. The Bertz CT molecular complexity index is 1510. The van der Waals surface area contributed by atoms with Gasteiger partial charge >= 0.3 is 11.9 Å². The van der Waals surface area contributed by atoms with Crippen LogP contribution < -0.4 is 4.74 Å². The van der Waals surface area contributed by atoms with Gasteiger partial charge in [0.2, 0.25) is 6.29 Å². The summed E-state index contributed by atoms with van der Waals surface area (Å²) in [5.74, 6) is -4.13. The third-order valence-electron chi connectivity index (χ3n) is 6.83. The van der Waals surface area contributed by atoms with E-state index in [0.29, 0.717) is 18.4 Å². The van der Waals surface area contributed by atoms with Crippen LogP contribution in [0.15, 0.2) is 66.7 Å². The zero-order chi connectivity index (χ0) is 32.7. The van der Waals surface area contributed by atoms with Crippen LogP contribution in [0.3, 0.4) is 0 Å². The molecule has 1 heterocycles. The molecule has 1 aliphatic heterocycles. The van der Waals surface area contributed by atoms with E-state index in [1.807, 2.05) is 0 Å². The van der Waals surface area contributed by atoms with Crippen LogP contribution in [0.1, 0.15) is 34.8 Å². The molecule has 0 unspecified atom stereocenters. The molecule has 0 radical (unpaired) electrons. The molecule has 0 bridgehead atoms. The third kappa shape index (κ3) is 8.72. The summed E-state index contributed by atoms with van der Waals surface area (Å²) in [5.41, 5.74) is 1.06. The number of benzene rings is 3. The summed E-state index contributed by atoms with van der Waals surface area (Å²) in [6, 6.07) is 14.2. The molecule has 4 rings (SSSR count). The van der Waals surface area contributed by atoms with E-state index in [-0.39, 0.29) is 17.3 Å². The number of ketones is 1. The van der Waals surface area contributed by atoms with Gasteiger partial charge in [0.05, 0.1) is 5.56 Å². The van der Waals surface area contributed by atoms with Crippen LogP contribution in [-0.4, -0.2) is 85.7 Å². The first-order chi connectivity index (χ1) is 21.4. The normalized spacial score (nSPS) is 21.3. The number of aryl methyl sites for hydroxylation is 1. The molecule has 1 fully saturated rings. The van der Waals surface area contributed by atoms with E-state index in [1.165, 1.54) is 25.1 Å². The van der Waals surface area contributed by atoms with Gasteiger partial charge in [-0.3, -0.25) is 0 Å². The summed E-state index contributed by atoms with van der Waals surface area (Å²) in [6.07, 6.45) is -4.69. The van der Waals surface area contributed by atoms with Crippen molar-refractivity contribution in [3.05, 3.63) is 83.4 Å². The Hall–Kier alpha value is -5.11. The predicted molar refractivity (Wildman–Crippen MR) is 155 cm³/mol. The van der Waals surface area contributed by atoms with E-state index in [4.69, 9.17) is 18.9 Å². The first kappa shape index (κ1) is 32.8. The molecule has 238 valence electrons. The van der Waals surface area contributed by atoms with E-state index in [1.54, 1.807) is 36.4 Å². The number of phenolic OH excluding ortho intramolecular Hbond substituents is 4. The van der Waals surface area contributed by atoms with Crippen LogP contribution in [0.4, 0.5) is 0 Å². The molecule has 0 spiro atoms. The fraction of sp³-hybridized carbons (Fsp3) is 0.281. The zero-order valence-corrected chi connectivity index (χ0v) is 24.0. The Morgan fingerprint density at radius 1 is 0.889 bits per heavy atom. The topological polar surface area (TPSA) is 210 Å². The molecule has 0 aromatic heterocycles. The molecule has 13 nitrogen and oxygen atoms in total. The molecule has 3 aromatic rings. The fourth-order valence-corrected chi connectivity index (χ4v) is 4.33. The summed E-state index contributed by atoms with van der Waals surface area (Å²) >= 11 is 0. The number of rotatable bonds is 11. The number of aromatic hydroxyl groups is 4. The Kier molecular flexibility index (Phi) is 10.6. The van der Waals surface area contributed by atoms with E-state index in [0.717, 1.165) is 23.8 Å². The number of esters is 2. The van der Waals surface area contributed by atoms with Gasteiger partial charge < -0.3 is 54.4 Å². The van der Waals surface area contributed by atoms with Gasteiger partial charge in [-0.05, 0) is 66.9 Å². The highest BCUT2D eigenvalue weighted by Gasteiger charge is 2.48. The van der Waals surface area contributed by atoms with Crippen molar-refractivity contribution in [2.24, 2.45) is 0 Å². The van der Waals surface area contributed by atoms with Gasteiger partial charge in [-0.15, -0.1) is 0 Å². The van der Waals surface area contributed by atoms with Gasteiger partial charge in [0, 0.05) is 12.5 Å². The van der Waals surface area contributed by atoms with Crippen LogP contribution in [0.2, 0.25) is 0 Å². The lowest BCUT2D eigenvalue weighted by atomic mass is 9.99. The van der Waals surface area contributed by atoms with E-state index >= 15 is 0 Å². The van der Waals surface area contributed by atoms with Crippen molar-refractivity contribution in [3.8, 4) is 28.7 Å². The number of hydrogen-bond donors (Lipinski definition) is 6. The minimum atomic E-state index is -1.82. The van der Waals surface area contributed by atoms with Crippen LogP contribution in [0, 0.1) is 0 Å². The van der Waals surface area contributed by atoms with Crippen molar-refractivity contribution in [2.75, 3.05) is 6.61 Å². The number of aliphatic hydroxyl groups is 2. The van der Waals surface area contributed by atoms with Gasteiger partial charge in [-0.25, -0.2) is 9.59 Å². The molecule has 0 saturated carbocycles. The number of carbonyl (C=O) groups excluding carboxylic acids is 3. The maximum absolute atomic E-state index is 12.9. The highest BCUT2D eigenvalue weighted by atomic mass is 16.7. The minimum Gasteiger partial charge on any atom is -0.508 e. The van der Waals surface area contributed by atoms with Crippen molar-refractivity contribution in [1.29, 1.82) is 0 Å². The molecular weight excluding hydrogens is 592 g/mol. The molecule has 0 aliphatic carbocycles. The molecule has 45 heavy (non-hydrogen) atoms. The minimum absolute atomic E-state index is 0.0287. The highest BCUT2D eigenvalue weighted by Crippen LogP contribution is 2.36. The summed E-state index contributed by atoms with van der Waals surface area (Å²) in [6.45, 7) is 0.959. The SMILES string of the molecule is CC(=O)CCc1ccc(O[C@@H]2O[C@H](COC(=O)/C=C/c3ccc(O)cc3)[C@@H](O)[C@H](O)[C@H]2OC(=O)c2cc(O)c(O)c(O)c2)cc1. The number of Topliss-reactive ketones (excluding diaryl/α,β-unsaturated/α-hetero) is 1. The molecule has 3 aromatic carbocycles. The van der Waals surface area contributed by atoms with Gasteiger partial charge in [0.15, 0.2) is 23.4 Å². The molecule has 0 amide bonds. The average molecular weight is 625 g/mol. The Labute approximate surface area is 257 Å². The first-order valence-electron chi connectivity index (χ1n) is 13.8. The number of carbonyl (C=O) groups is 3. The zero-order valence-electron chi connectivity index (χ0n) is 24.0. The number of ether oxygens (including phenoxy) is 4. The van der Waals surface area contributed by atoms with Crippen molar-refractivity contribution in [2.45, 2.75) is 50.5 Å². The first-order valence-corrected chi connectivity index (χ1v) is 13.8. The highest BCUT2D eigenvalue weighted by molar-refractivity contribution is 5.91. The van der Waals surface area contributed by atoms with E-state index < -0.39 is 72.1 Å². The van der Waals surface area contributed by atoms with E-state index in [9.17, 15) is 45.0 Å². The third-order valence-corrected chi connectivity index (χ3v) is 6.83. The maximum Gasteiger partial charge on any atom is 0.339 e. The Morgan fingerprint density at radius 2 is 1.53 bits per heavy atom. The molecule has 5 atom stereocenters. The molecular formula is C32H32O13. The van der Waals surface area contributed by atoms with Crippen molar-refractivity contribution in [1.82, 2.24) is 0 Å². The Balaban J connectivity index is 1.50. The molecule has 13 heteroatoms. The van der Waals surface area contributed by atoms with Crippen LogP contribution in [-0.2, 0) is 30.2 Å². The van der Waals surface area contributed by atoms with Crippen LogP contribution in [0.25, 0.3) is 6.08 Å². The molecule has 1 saturated heterocycles. The maximum atomic E-state index is 12.9. The predicted octanol–water partition coefficient (Wildman–Crippen LogP) is 2.34. The van der Waals surface area contributed by atoms with Crippen LogP contribution in [0.5, 0.6) is 28.7 Å². The largest absolute Gasteiger partial charge is 0.508 e. The Morgan fingerprint density at radius 3 is 2.16 bits per heavy atom. The molecule has 6 N–H and O–H groups in total. The van der Waals surface area contributed by atoms with Crippen molar-refractivity contribution < 1.29 is 64.0 Å². The standard InChI is InChI=1S/C32H32O13/c1-17(33)2-3-18-6-11-22(12-7-18)43-32-30(45-31(41)20-14-23(35)27(38)24(36)15-20)29(40)28(39)25(44-32)16-42-26(37)13-8-19-4-9-21(34)10-5-19/h4-15,25,28-30,32,34-36,38-40H,2-3,16H2,1H3/b13-8+/t25-,28-,29+,30-,32-/m1/s1. The average Bonchev–Trinajstić information content (AvgIpc) is 3.01. The smallest absolute Gasteiger partial charge is 0.339 e. The summed E-state index contributed by atoms with van der Waals surface area (Å²) in [5, 5.41) is 60.3. The summed E-state index contributed by atoms with van der Waals surface area (Å²) < 4.78 is 22.2. The fourth-order valence-electron chi connectivity index (χ4n) is 4.33. The van der Waals surface area contributed by atoms with Gasteiger partial charge in [-0.2, -0.15) is 0 Å². The van der Waals surface area contributed by atoms with Gasteiger partial charge in [0.1, 0.15) is 42.2 Å². The number of aliphatic hydroxyl groups excluding tert-OH is 2. The second-order valence-corrected chi connectivity index (χ2v) is 10.3. The summed E-state index contributed by atoms with van der Waals surface area (Å²) in [7, 11) is 0. The van der Waals surface area contributed by atoms with Crippen molar-refractivity contribution in [3.63, 3.8) is 0 Å². The second-order valence-electron chi connectivity index (χ2n) is 10.3. The molecule has 1 aliphatic rings. The van der Waals surface area contributed by atoms with Crippen molar-refractivity contribution >= 4 is 23.8 Å². The quantitative estimate of drug-likeness (QED) is 0.103. The lowest BCUT2D eigenvalue weighted by molar-refractivity contribution is -0.277. The summed E-state index contributed by atoms with van der Waals surface area (Å²) in [4.78, 5) is 36.5. The lowest BCUT2D eigenvalue weighted by Gasteiger charge is -2.41.